The molecule has 4 N–H and O–H groups in total. The Labute approximate surface area is 115 Å². The van der Waals surface area contributed by atoms with Crippen LogP contribution in [0.3, 0.4) is 0 Å². The first-order valence-corrected chi connectivity index (χ1v) is 6.63. The Balaban J connectivity index is 2.68. The lowest BCUT2D eigenvalue weighted by Crippen LogP contribution is -2.34. The SMILES string of the molecule is CCOC(=O)C(N)CSc1cc(O)c(OC)cc1O. The first-order valence-electron chi connectivity index (χ1n) is 5.64. The Morgan fingerprint density at radius 3 is 2.68 bits per heavy atom. The third-order valence-electron chi connectivity index (χ3n) is 2.27. The van der Waals surface area contributed by atoms with E-state index in [0.717, 1.165) is 11.8 Å². The van der Waals surface area contributed by atoms with Crippen LogP contribution in [0.25, 0.3) is 0 Å². The van der Waals surface area contributed by atoms with Crippen LogP contribution in [0, 0.1) is 0 Å². The predicted octanol–water partition coefficient (Wildman–Crippen LogP) is 1.09. The van der Waals surface area contributed by atoms with Gasteiger partial charge in [-0.1, -0.05) is 0 Å². The van der Waals surface area contributed by atoms with Gasteiger partial charge >= 0.3 is 5.97 Å². The average molecular weight is 287 g/mol. The summed E-state index contributed by atoms with van der Waals surface area (Å²) in [5.74, 6) is -0.218. The summed E-state index contributed by atoms with van der Waals surface area (Å²) >= 11 is 1.15. The molecule has 1 atom stereocenters. The van der Waals surface area contributed by atoms with E-state index in [-0.39, 0.29) is 29.6 Å². The second-order valence-corrected chi connectivity index (χ2v) is 4.72. The molecule has 0 spiro atoms. The van der Waals surface area contributed by atoms with Crippen molar-refractivity contribution in [3.05, 3.63) is 12.1 Å². The minimum Gasteiger partial charge on any atom is -0.507 e. The number of ether oxygens (including phenoxy) is 2. The second kappa shape index (κ2) is 7.10. The molecule has 0 aromatic heterocycles. The van der Waals surface area contributed by atoms with E-state index in [4.69, 9.17) is 15.2 Å². The zero-order valence-corrected chi connectivity index (χ0v) is 11.6. The van der Waals surface area contributed by atoms with Gasteiger partial charge in [-0.05, 0) is 6.92 Å². The number of nitrogens with two attached hydrogens (primary N) is 1. The van der Waals surface area contributed by atoms with Crippen molar-refractivity contribution in [2.45, 2.75) is 17.9 Å². The van der Waals surface area contributed by atoms with Crippen molar-refractivity contribution in [2.24, 2.45) is 5.73 Å². The number of methoxy groups -OCH3 is 1. The number of benzene rings is 1. The van der Waals surface area contributed by atoms with Crippen LogP contribution in [0.5, 0.6) is 17.2 Å². The zero-order valence-electron chi connectivity index (χ0n) is 10.8. The van der Waals surface area contributed by atoms with Crippen LogP contribution in [0.2, 0.25) is 0 Å². The lowest BCUT2D eigenvalue weighted by atomic mass is 10.3. The molecule has 6 nitrogen and oxygen atoms in total. The molecule has 1 aromatic carbocycles. The molecule has 0 aliphatic heterocycles. The average Bonchev–Trinajstić information content (AvgIpc) is 2.39. The Hall–Kier alpha value is -1.60. The van der Waals surface area contributed by atoms with Crippen molar-refractivity contribution in [1.82, 2.24) is 0 Å². The van der Waals surface area contributed by atoms with Gasteiger partial charge < -0.3 is 25.4 Å². The smallest absolute Gasteiger partial charge is 0.323 e. The lowest BCUT2D eigenvalue weighted by molar-refractivity contribution is -0.144. The highest BCUT2D eigenvalue weighted by Crippen LogP contribution is 2.38. The summed E-state index contributed by atoms with van der Waals surface area (Å²) in [4.78, 5) is 11.7. The van der Waals surface area contributed by atoms with Crippen molar-refractivity contribution in [3.63, 3.8) is 0 Å². The summed E-state index contributed by atoms with van der Waals surface area (Å²) in [6.45, 7) is 1.97. The minimum absolute atomic E-state index is 0.0456. The van der Waals surface area contributed by atoms with Crippen molar-refractivity contribution >= 4 is 17.7 Å². The topological polar surface area (TPSA) is 102 Å². The van der Waals surface area contributed by atoms with Crippen LogP contribution < -0.4 is 10.5 Å². The van der Waals surface area contributed by atoms with Crippen molar-refractivity contribution < 1.29 is 24.5 Å². The molecule has 0 fully saturated rings. The van der Waals surface area contributed by atoms with E-state index in [1.54, 1.807) is 6.92 Å². The van der Waals surface area contributed by atoms with Gasteiger partial charge in [0.25, 0.3) is 0 Å². The zero-order chi connectivity index (χ0) is 14.4. The van der Waals surface area contributed by atoms with Crippen LogP contribution in [-0.2, 0) is 9.53 Å². The molecule has 7 heteroatoms. The molecule has 0 saturated carbocycles. The van der Waals surface area contributed by atoms with E-state index in [1.165, 1.54) is 19.2 Å². The largest absolute Gasteiger partial charge is 0.507 e. The Bertz CT molecular complexity index is 452. The Morgan fingerprint density at radius 1 is 1.42 bits per heavy atom. The van der Waals surface area contributed by atoms with E-state index in [9.17, 15) is 15.0 Å². The van der Waals surface area contributed by atoms with Gasteiger partial charge in [0, 0.05) is 17.9 Å². The van der Waals surface area contributed by atoms with Gasteiger partial charge in [-0.3, -0.25) is 4.79 Å². The third kappa shape index (κ3) is 4.22. The van der Waals surface area contributed by atoms with Crippen LogP contribution >= 0.6 is 11.8 Å². The molecule has 0 bridgehead atoms. The van der Waals surface area contributed by atoms with Crippen molar-refractivity contribution in [2.75, 3.05) is 19.5 Å². The van der Waals surface area contributed by atoms with E-state index in [2.05, 4.69) is 0 Å². The van der Waals surface area contributed by atoms with Crippen LogP contribution in [0.15, 0.2) is 17.0 Å². The number of thioether (sulfide) groups is 1. The third-order valence-corrected chi connectivity index (χ3v) is 3.43. The molecule has 0 aliphatic rings. The molecule has 1 rings (SSSR count). The Morgan fingerprint density at radius 2 is 2.11 bits per heavy atom. The maximum Gasteiger partial charge on any atom is 0.323 e. The van der Waals surface area contributed by atoms with E-state index >= 15 is 0 Å². The normalized spacial score (nSPS) is 11.9. The first-order chi connectivity index (χ1) is 8.99. The van der Waals surface area contributed by atoms with E-state index in [0.29, 0.717) is 4.90 Å². The maximum absolute atomic E-state index is 11.3. The molecule has 0 amide bonds. The number of rotatable bonds is 6. The maximum atomic E-state index is 11.3. The second-order valence-electron chi connectivity index (χ2n) is 3.66. The number of carbonyl (C=O) groups is 1. The van der Waals surface area contributed by atoms with Crippen molar-refractivity contribution in [1.29, 1.82) is 0 Å². The van der Waals surface area contributed by atoms with Gasteiger partial charge in [0.1, 0.15) is 11.8 Å². The van der Waals surface area contributed by atoms with Gasteiger partial charge in [-0.25, -0.2) is 0 Å². The molecule has 19 heavy (non-hydrogen) atoms. The molecule has 0 heterocycles. The summed E-state index contributed by atoms with van der Waals surface area (Å²) in [6.07, 6.45) is 0. The lowest BCUT2D eigenvalue weighted by Gasteiger charge is -2.12. The summed E-state index contributed by atoms with van der Waals surface area (Å²) in [5, 5.41) is 19.3. The fourth-order valence-electron chi connectivity index (χ4n) is 1.31. The standard InChI is InChI=1S/C12H17NO5S/c1-3-18-12(16)7(13)6-19-11-5-8(14)10(17-2)4-9(11)15/h4-5,7,14-15H,3,6,13H2,1-2H3. The fourth-order valence-corrected chi connectivity index (χ4v) is 2.21. The highest BCUT2D eigenvalue weighted by Gasteiger charge is 2.17. The van der Waals surface area contributed by atoms with Crippen LogP contribution in [0.4, 0.5) is 0 Å². The summed E-state index contributed by atoms with van der Waals surface area (Å²) < 4.78 is 9.63. The number of hydrogen-bond acceptors (Lipinski definition) is 7. The van der Waals surface area contributed by atoms with Crippen molar-refractivity contribution in [3.8, 4) is 17.2 Å². The molecule has 0 radical (unpaired) electrons. The predicted molar refractivity (Wildman–Crippen MR) is 71.7 cm³/mol. The first kappa shape index (κ1) is 15.5. The number of aromatic hydroxyl groups is 2. The molecule has 1 aromatic rings. The number of esters is 1. The fraction of sp³-hybridized carbons (Fsp3) is 0.417. The minimum atomic E-state index is -0.784. The number of phenolic OH excluding ortho intramolecular Hbond substituents is 2. The quantitative estimate of drug-likeness (QED) is 0.409. The van der Waals surface area contributed by atoms with Gasteiger partial charge in [0.05, 0.1) is 18.6 Å². The summed E-state index contributed by atoms with van der Waals surface area (Å²) in [6, 6.07) is 1.87. The monoisotopic (exact) mass is 287 g/mol. The molecule has 1 unspecified atom stereocenters. The van der Waals surface area contributed by atoms with Crippen LogP contribution in [-0.4, -0.2) is 41.7 Å². The number of phenols is 2. The van der Waals surface area contributed by atoms with Gasteiger partial charge in [-0.2, -0.15) is 0 Å². The van der Waals surface area contributed by atoms with E-state index in [1.807, 2.05) is 0 Å². The molecular weight excluding hydrogens is 270 g/mol. The molecule has 106 valence electrons. The number of hydrogen-bond donors (Lipinski definition) is 3. The summed E-state index contributed by atoms with van der Waals surface area (Å²) in [5.41, 5.74) is 5.63. The molecule has 0 aliphatic carbocycles. The van der Waals surface area contributed by atoms with Gasteiger partial charge in [0.2, 0.25) is 0 Å². The van der Waals surface area contributed by atoms with Gasteiger partial charge in [-0.15, -0.1) is 11.8 Å². The highest BCUT2D eigenvalue weighted by atomic mass is 32.2. The Kier molecular flexibility index (Phi) is 5.78. The van der Waals surface area contributed by atoms with E-state index < -0.39 is 12.0 Å². The number of carbonyl (C=O) groups excluding carboxylic acids is 1. The highest BCUT2D eigenvalue weighted by molar-refractivity contribution is 7.99. The molecular formula is C12H17NO5S. The van der Waals surface area contributed by atoms with Gasteiger partial charge in [0.15, 0.2) is 11.5 Å². The van der Waals surface area contributed by atoms with Crippen LogP contribution in [0.1, 0.15) is 6.92 Å². The summed E-state index contributed by atoms with van der Waals surface area (Å²) in [7, 11) is 1.39. The molecule has 0 saturated heterocycles.